The van der Waals surface area contributed by atoms with Gasteiger partial charge in [-0.1, -0.05) is 30.3 Å². The van der Waals surface area contributed by atoms with E-state index in [1.807, 2.05) is 42.5 Å². The van der Waals surface area contributed by atoms with Gasteiger partial charge in [0.2, 0.25) is 0 Å². The van der Waals surface area contributed by atoms with E-state index in [-0.39, 0.29) is 11.1 Å². The van der Waals surface area contributed by atoms with Gasteiger partial charge in [0.1, 0.15) is 5.75 Å². The van der Waals surface area contributed by atoms with Crippen molar-refractivity contribution in [1.82, 2.24) is 0 Å². The number of nitrogens with two attached hydrogens (primary N) is 1. The van der Waals surface area contributed by atoms with Crippen LogP contribution in [0, 0.1) is 5.41 Å². The number of ether oxygens (including phenoxy) is 1. The molecule has 2 rings (SSSR count). The molecular weight excluding hydrogens is 268 g/mol. The Hall–Kier alpha value is -1.94. The van der Waals surface area contributed by atoms with Crippen molar-refractivity contribution in [3.63, 3.8) is 0 Å². The van der Waals surface area contributed by atoms with Gasteiger partial charge in [-0.15, -0.1) is 11.8 Å². The first-order chi connectivity index (χ1) is 9.69. The first-order valence-electron chi connectivity index (χ1n) is 6.37. The highest BCUT2D eigenvalue weighted by Gasteiger charge is 2.14. The second kappa shape index (κ2) is 7.01. The highest BCUT2D eigenvalue weighted by atomic mass is 32.2. The zero-order chi connectivity index (χ0) is 14.4. The van der Waals surface area contributed by atoms with Crippen molar-refractivity contribution in [3.05, 3.63) is 60.2 Å². The summed E-state index contributed by atoms with van der Waals surface area (Å²) in [6.45, 7) is 0. The minimum atomic E-state index is 0.155. The van der Waals surface area contributed by atoms with Crippen LogP contribution in [0.25, 0.3) is 0 Å². The minimum absolute atomic E-state index is 0.155. The number of nitrogens with one attached hydrogen (secondary N) is 1. The third-order valence-corrected chi connectivity index (χ3v) is 4.18. The van der Waals surface area contributed by atoms with Crippen LogP contribution in [0.4, 0.5) is 0 Å². The summed E-state index contributed by atoms with van der Waals surface area (Å²) in [5.41, 5.74) is 6.76. The zero-order valence-electron chi connectivity index (χ0n) is 11.4. The lowest BCUT2D eigenvalue weighted by Crippen LogP contribution is -2.13. The van der Waals surface area contributed by atoms with Crippen LogP contribution >= 0.6 is 11.8 Å². The van der Waals surface area contributed by atoms with Crippen LogP contribution in [0.2, 0.25) is 0 Å². The van der Waals surface area contributed by atoms with Crippen molar-refractivity contribution in [1.29, 1.82) is 5.41 Å². The Bertz CT molecular complexity index is 554. The van der Waals surface area contributed by atoms with Gasteiger partial charge >= 0.3 is 0 Å². The quantitative estimate of drug-likeness (QED) is 0.481. The first-order valence-corrected chi connectivity index (χ1v) is 7.25. The Morgan fingerprint density at radius 3 is 2.35 bits per heavy atom. The summed E-state index contributed by atoms with van der Waals surface area (Å²) in [4.78, 5) is 1.14. The molecule has 0 fully saturated rings. The third-order valence-electron chi connectivity index (χ3n) is 2.91. The number of thioether (sulfide) groups is 1. The van der Waals surface area contributed by atoms with Gasteiger partial charge in [0, 0.05) is 16.6 Å². The lowest BCUT2D eigenvalue weighted by Gasteiger charge is -2.16. The lowest BCUT2D eigenvalue weighted by atomic mass is 10.1. The SMILES string of the molecule is COc1ccc(SC(CC(=N)N)c2ccccc2)cc1. The fraction of sp³-hybridized carbons (Fsp3) is 0.188. The molecule has 0 aliphatic carbocycles. The van der Waals surface area contributed by atoms with Gasteiger partial charge in [-0.3, -0.25) is 5.41 Å². The molecule has 0 aromatic heterocycles. The summed E-state index contributed by atoms with van der Waals surface area (Å²) in [7, 11) is 1.66. The Morgan fingerprint density at radius 1 is 1.15 bits per heavy atom. The molecule has 1 atom stereocenters. The Morgan fingerprint density at radius 2 is 1.80 bits per heavy atom. The summed E-state index contributed by atoms with van der Waals surface area (Å²) >= 11 is 1.71. The van der Waals surface area contributed by atoms with Crippen LogP contribution in [0.1, 0.15) is 17.2 Å². The van der Waals surface area contributed by atoms with Gasteiger partial charge in [0.15, 0.2) is 0 Å². The Labute approximate surface area is 123 Å². The van der Waals surface area contributed by atoms with Crippen LogP contribution < -0.4 is 10.5 Å². The zero-order valence-corrected chi connectivity index (χ0v) is 12.2. The van der Waals surface area contributed by atoms with Gasteiger partial charge in [0.25, 0.3) is 0 Å². The summed E-state index contributed by atoms with van der Waals surface area (Å²) < 4.78 is 5.16. The summed E-state index contributed by atoms with van der Waals surface area (Å²) in [5, 5.41) is 7.70. The van der Waals surface area contributed by atoms with E-state index >= 15 is 0 Å². The van der Waals surface area contributed by atoms with Crippen LogP contribution in [0.15, 0.2) is 59.5 Å². The molecule has 1 unspecified atom stereocenters. The van der Waals surface area contributed by atoms with E-state index in [1.165, 1.54) is 5.56 Å². The molecule has 0 heterocycles. The molecule has 4 heteroatoms. The van der Waals surface area contributed by atoms with Crippen molar-refractivity contribution < 1.29 is 4.74 Å². The molecule has 2 aromatic rings. The average Bonchev–Trinajstić information content (AvgIpc) is 2.48. The number of hydrogen-bond donors (Lipinski definition) is 2. The molecule has 0 radical (unpaired) electrons. The molecular formula is C16H18N2OS. The first kappa shape index (κ1) is 14.5. The summed E-state index contributed by atoms with van der Waals surface area (Å²) in [5.74, 6) is 1.05. The van der Waals surface area contributed by atoms with E-state index in [9.17, 15) is 0 Å². The van der Waals surface area contributed by atoms with Crippen LogP contribution in [0.5, 0.6) is 5.75 Å². The van der Waals surface area contributed by atoms with Crippen molar-refractivity contribution in [2.75, 3.05) is 7.11 Å². The standard InChI is InChI=1S/C16H18N2OS/c1-19-13-7-9-14(10-8-13)20-15(11-16(17)18)12-5-3-2-4-6-12/h2-10,15H,11H2,1H3,(H3,17,18). The molecule has 3 nitrogen and oxygen atoms in total. The highest BCUT2D eigenvalue weighted by Crippen LogP contribution is 2.38. The second-order valence-electron chi connectivity index (χ2n) is 4.42. The van der Waals surface area contributed by atoms with Gasteiger partial charge in [0.05, 0.1) is 12.9 Å². The second-order valence-corrected chi connectivity index (χ2v) is 5.70. The maximum atomic E-state index is 7.55. The van der Waals surface area contributed by atoms with Gasteiger partial charge in [-0.25, -0.2) is 0 Å². The van der Waals surface area contributed by atoms with E-state index in [0.29, 0.717) is 6.42 Å². The molecule has 0 amide bonds. The molecule has 0 aliphatic rings. The van der Waals surface area contributed by atoms with Gasteiger partial charge < -0.3 is 10.5 Å². The van der Waals surface area contributed by atoms with Crippen molar-refractivity contribution in [3.8, 4) is 5.75 Å². The molecule has 0 spiro atoms. The molecule has 0 saturated carbocycles. The predicted octanol–water partition coefficient (Wildman–Crippen LogP) is 3.85. The highest BCUT2D eigenvalue weighted by molar-refractivity contribution is 7.99. The van der Waals surface area contributed by atoms with Crippen molar-refractivity contribution in [2.45, 2.75) is 16.6 Å². The molecule has 2 aromatic carbocycles. The lowest BCUT2D eigenvalue weighted by molar-refractivity contribution is 0.414. The van der Waals surface area contributed by atoms with E-state index in [2.05, 4.69) is 12.1 Å². The maximum absolute atomic E-state index is 7.55. The van der Waals surface area contributed by atoms with Crippen molar-refractivity contribution in [2.24, 2.45) is 5.73 Å². The maximum Gasteiger partial charge on any atom is 0.118 e. The Kier molecular flexibility index (Phi) is 5.07. The third kappa shape index (κ3) is 4.03. The summed E-state index contributed by atoms with van der Waals surface area (Å²) in [6.07, 6.45) is 0.542. The van der Waals surface area contributed by atoms with Crippen molar-refractivity contribution >= 4 is 17.6 Å². The fourth-order valence-electron chi connectivity index (χ4n) is 1.91. The van der Waals surface area contributed by atoms with E-state index < -0.39 is 0 Å². The predicted molar refractivity (Wildman–Crippen MR) is 84.6 cm³/mol. The fourth-order valence-corrected chi connectivity index (χ4v) is 3.09. The van der Waals surface area contributed by atoms with Gasteiger partial charge in [-0.05, 0) is 29.8 Å². The normalized spacial score (nSPS) is 11.8. The molecule has 0 saturated heterocycles. The monoisotopic (exact) mass is 286 g/mol. The smallest absolute Gasteiger partial charge is 0.118 e. The Balaban J connectivity index is 2.16. The number of hydrogen-bond acceptors (Lipinski definition) is 3. The number of benzene rings is 2. The molecule has 104 valence electrons. The van der Waals surface area contributed by atoms with Crippen LogP contribution in [-0.2, 0) is 0 Å². The number of rotatable bonds is 6. The molecule has 0 aliphatic heterocycles. The average molecular weight is 286 g/mol. The summed E-state index contributed by atoms with van der Waals surface area (Å²) in [6, 6.07) is 18.1. The van der Waals surface area contributed by atoms with E-state index in [1.54, 1.807) is 18.9 Å². The largest absolute Gasteiger partial charge is 0.497 e. The topological polar surface area (TPSA) is 59.1 Å². The van der Waals surface area contributed by atoms with Crippen LogP contribution in [0.3, 0.4) is 0 Å². The van der Waals surface area contributed by atoms with Crippen LogP contribution in [-0.4, -0.2) is 12.9 Å². The molecule has 0 bridgehead atoms. The molecule has 20 heavy (non-hydrogen) atoms. The number of amidine groups is 1. The van der Waals surface area contributed by atoms with E-state index in [4.69, 9.17) is 15.9 Å². The minimum Gasteiger partial charge on any atom is -0.497 e. The van der Waals surface area contributed by atoms with Gasteiger partial charge in [-0.2, -0.15) is 0 Å². The molecule has 3 N–H and O–H groups in total. The number of methoxy groups -OCH3 is 1. The van der Waals surface area contributed by atoms with E-state index in [0.717, 1.165) is 10.6 Å².